The van der Waals surface area contributed by atoms with Crippen LogP contribution in [0.3, 0.4) is 0 Å². The normalized spacial score (nSPS) is 21.3. The van der Waals surface area contributed by atoms with Crippen molar-refractivity contribution in [2.24, 2.45) is 5.92 Å². The molecule has 1 N–H and O–H groups in total. The summed E-state index contributed by atoms with van der Waals surface area (Å²) in [6.45, 7) is 6.03. The molecule has 1 fully saturated rings. The number of nitrogens with one attached hydrogen (secondary N) is 1. The van der Waals surface area contributed by atoms with Crippen molar-refractivity contribution in [3.8, 4) is 0 Å². The molecule has 5 nitrogen and oxygen atoms in total. The minimum absolute atomic E-state index is 0.0923. The Hall–Kier alpha value is -2.04. The second-order valence-corrected chi connectivity index (χ2v) is 6.38. The van der Waals surface area contributed by atoms with E-state index >= 15 is 0 Å². The molecule has 1 unspecified atom stereocenters. The molecule has 1 aromatic rings. The Kier molecular flexibility index (Phi) is 4.05. The van der Waals surface area contributed by atoms with Crippen LogP contribution in [0.2, 0.25) is 0 Å². The fraction of sp³-hybridized carbons (Fsp3) is 0.529. The zero-order valence-corrected chi connectivity index (χ0v) is 13.2. The van der Waals surface area contributed by atoms with Gasteiger partial charge in [-0.05, 0) is 30.4 Å². The third-order valence-electron chi connectivity index (χ3n) is 4.52. The van der Waals surface area contributed by atoms with Crippen LogP contribution in [0, 0.1) is 5.92 Å². The number of hydrogen-bond donors (Lipinski definition) is 1. The monoisotopic (exact) mass is 301 g/mol. The van der Waals surface area contributed by atoms with E-state index in [1.165, 1.54) is 16.2 Å². The van der Waals surface area contributed by atoms with Crippen LogP contribution in [0.1, 0.15) is 25.8 Å². The molecule has 22 heavy (non-hydrogen) atoms. The SMILES string of the molecule is CC(C)C1NC(=O)N(CCN2CCCc3ccccc32)C1=O. The first-order valence-electron chi connectivity index (χ1n) is 8.02. The summed E-state index contributed by atoms with van der Waals surface area (Å²) >= 11 is 0. The smallest absolute Gasteiger partial charge is 0.324 e. The molecule has 1 aromatic carbocycles. The van der Waals surface area contributed by atoms with Crippen molar-refractivity contribution < 1.29 is 9.59 Å². The van der Waals surface area contributed by atoms with Crippen molar-refractivity contribution in [2.75, 3.05) is 24.5 Å². The van der Waals surface area contributed by atoms with Crippen LogP contribution < -0.4 is 10.2 Å². The van der Waals surface area contributed by atoms with Crippen LogP contribution in [0.5, 0.6) is 0 Å². The summed E-state index contributed by atoms with van der Waals surface area (Å²) < 4.78 is 0. The van der Waals surface area contributed by atoms with E-state index in [-0.39, 0.29) is 23.9 Å². The number of benzene rings is 1. The van der Waals surface area contributed by atoms with Crippen molar-refractivity contribution in [3.05, 3.63) is 29.8 Å². The average molecular weight is 301 g/mol. The van der Waals surface area contributed by atoms with Gasteiger partial charge in [-0.1, -0.05) is 32.0 Å². The topological polar surface area (TPSA) is 52.7 Å². The van der Waals surface area contributed by atoms with E-state index in [4.69, 9.17) is 0 Å². The maximum atomic E-state index is 12.3. The second-order valence-electron chi connectivity index (χ2n) is 6.38. The van der Waals surface area contributed by atoms with E-state index < -0.39 is 0 Å². The number of nitrogens with zero attached hydrogens (tertiary/aromatic N) is 2. The zero-order valence-electron chi connectivity index (χ0n) is 13.2. The predicted octanol–water partition coefficient (Wildman–Crippen LogP) is 2.02. The highest BCUT2D eigenvalue weighted by Gasteiger charge is 2.39. The Morgan fingerprint density at radius 3 is 2.73 bits per heavy atom. The van der Waals surface area contributed by atoms with E-state index in [1.807, 2.05) is 19.9 Å². The van der Waals surface area contributed by atoms with Crippen molar-refractivity contribution in [1.82, 2.24) is 10.2 Å². The van der Waals surface area contributed by atoms with Gasteiger partial charge in [0, 0.05) is 25.3 Å². The lowest BCUT2D eigenvalue weighted by molar-refractivity contribution is -0.128. The Morgan fingerprint density at radius 2 is 2.00 bits per heavy atom. The summed E-state index contributed by atoms with van der Waals surface area (Å²) in [5, 5.41) is 2.78. The average Bonchev–Trinajstić information content (AvgIpc) is 2.80. The van der Waals surface area contributed by atoms with Gasteiger partial charge in [-0.15, -0.1) is 0 Å². The Balaban J connectivity index is 1.66. The highest BCUT2D eigenvalue weighted by atomic mass is 16.2. The molecule has 0 bridgehead atoms. The molecule has 5 heteroatoms. The molecule has 2 aliphatic rings. The fourth-order valence-corrected chi connectivity index (χ4v) is 3.27. The number of urea groups is 1. The van der Waals surface area contributed by atoms with Gasteiger partial charge >= 0.3 is 6.03 Å². The minimum atomic E-state index is -0.374. The predicted molar refractivity (Wildman–Crippen MR) is 85.8 cm³/mol. The van der Waals surface area contributed by atoms with Crippen molar-refractivity contribution >= 4 is 17.6 Å². The standard InChI is InChI=1S/C17H23N3O2/c1-12(2)15-16(21)20(17(22)18-15)11-10-19-9-5-7-13-6-3-4-8-14(13)19/h3-4,6,8,12,15H,5,7,9-11H2,1-2H3,(H,18,22). The Morgan fingerprint density at radius 1 is 1.23 bits per heavy atom. The maximum absolute atomic E-state index is 12.3. The lowest BCUT2D eigenvalue weighted by Gasteiger charge is -2.32. The van der Waals surface area contributed by atoms with E-state index in [1.54, 1.807) is 0 Å². The van der Waals surface area contributed by atoms with E-state index in [9.17, 15) is 9.59 Å². The van der Waals surface area contributed by atoms with Crippen LogP contribution in [-0.2, 0) is 11.2 Å². The van der Waals surface area contributed by atoms with Crippen molar-refractivity contribution in [1.29, 1.82) is 0 Å². The third-order valence-corrected chi connectivity index (χ3v) is 4.52. The minimum Gasteiger partial charge on any atom is -0.370 e. The van der Waals surface area contributed by atoms with Crippen molar-refractivity contribution in [2.45, 2.75) is 32.7 Å². The molecule has 0 aromatic heterocycles. The summed E-state index contributed by atoms with van der Waals surface area (Å²) in [5.41, 5.74) is 2.59. The lowest BCUT2D eigenvalue weighted by atomic mass is 10.0. The number of rotatable bonds is 4. The first-order valence-corrected chi connectivity index (χ1v) is 8.02. The second kappa shape index (κ2) is 5.99. The van der Waals surface area contributed by atoms with E-state index in [0.29, 0.717) is 13.1 Å². The highest BCUT2D eigenvalue weighted by Crippen LogP contribution is 2.26. The lowest BCUT2D eigenvalue weighted by Crippen LogP contribution is -2.41. The zero-order chi connectivity index (χ0) is 15.7. The van der Waals surface area contributed by atoms with E-state index in [2.05, 4.69) is 28.4 Å². The number of carbonyl (C=O) groups is 2. The van der Waals surface area contributed by atoms with Gasteiger partial charge in [-0.2, -0.15) is 0 Å². The molecule has 0 saturated carbocycles. The van der Waals surface area contributed by atoms with Gasteiger partial charge in [0.2, 0.25) is 0 Å². The number of amides is 3. The Labute approximate surface area is 131 Å². The number of carbonyl (C=O) groups excluding carboxylic acids is 2. The first-order chi connectivity index (χ1) is 10.6. The van der Waals surface area contributed by atoms with Crippen molar-refractivity contribution in [3.63, 3.8) is 0 Å². The summed E-state index contributed by atoms with van der Waals surface area (Å²) in [6.07, 6.45) is 2.22. The summed E-state index contributed by atoms with van der Waals surface area (Å²) in [5.74, 6) is 0.0301. The number of anilines is 1. The molecule has 1 saturated heterocycles. The quantitative estimate of drug-likeness (QED) is 0.866. The number of fused-ring (bicyclic) bond motifs is 1. The summed E-state index contributed by atoms with van der Waals surface area (Å²) in [7, 11) is 0. The van der Waals surface area contributed by atoms with Gasteiger partial charge in [0.15, 0.2) is 0 Å². The third kappa shape index (κ3) is 2.67. The summed E-state index contributed by atoms with van der Waals surface area (Å²) in [6, 6.07) is 7.75. The van der Waals surface area contributed by atoms with Crippen LogP contribution in [0.25, 0.3) is 0 Å². The molecule has 2 aliphatic heterocycles. The van der Waals surface area contributed by atoms with Gasteiger partial charge < -0.3 is 10.2 Å². The number of imide groups is 1. The largest absolute Gasteiger partial charge is 0.370 e. The molecule has 3 rings (SSSR count). The van der Waals surface area contributed by atoms with Crippen LogP contribution >= 0.6 is 0 Å². The van der Waals surface area contributed by atoms with Gasteiger partial charge in [-0.25, -0.2) is 4.79 Å². The number of aryl methyl sites for hydroxylation is 1. The number of para-hydroxylation sites is 1. The van der Waals surface area contributed by atoms with E-state index in [0.717, 1.165) is 19.4 Å². The van der Waals surface area contributed by atoms with Crippen LogP contribution in [-0.4, -0.2) is 42.5 Å². The van der Waals surface area contributed by atoms with Gasteiger partial charge in [0.05, 0.1) is 0 Å². The Bertz CT molecular complexity index is 585. The molecule has 1 atom stereocenters. The van der Waals surface area contributed by atoms with Crippen LogP contribution in [0.4, 0.5) is 10.5 Å². The fourth-order valence-electron chi connectivity index (χ4n) is 3.27. The molecule has 0 radical (unpaired) electrons. The first kappa shape index (κ1) is 14.9. The van der Waals surface area contributed by atoms with Gasteiger partial charge in [0.1, 0.15) is 6.04 Å². The molecule has 0 aliphatic carbocycles. The van der Waals surface area contributed by atoms with Gasteiger partial charge in [-0.3, -0.25) is 9.69 Å². The van der Waals surface area contributed by atoms with Gasteiger partial charge in [0.25, 0.3) is 5.91 Å². The molecule has 118 valence electrons. The molecular formula is C17H23N3O2. The molecule has 2 heterocycles. The molecule has 3 amide bonds. The molecule has 0 spiro atoms. The van der Waals surface area contributed by atoms with Crippen LogP contribution in [0.15, 0.2) is 24.3 Å². The molecular weight excluding hydrogens is 278 g/mol. The maximum Gasteiger partial charge on any atom is 0.324 e. The number of hydrogen-bond acceptors (Lipinski definition) is 3. The highest BCUT2D eigenvalue weighted by molar-refractivity contribution is 6.04. The summed E-state index contributed by atoms with van der Waals surface area (Å²) in [4.78, 5) is 27.9.